The summed E-state index contributed by atoms with van der Waals surface area (Å²) in [7, 11) is 1.64. The number of fused-ring (bicyclic) bond motifs is 2. The molecule has 0 aliphatic carbocycles. The summed E-state index contributed by atoms with van der Waals surface area (Å²) in [6.45, 7) is 2.36. The van der Waals surface area contributed by atoms with Crippen LogP contribution in [0.3, 0.4) is 0 Å². The van der Waals surface area contributed by atoms with Crippen LogP contribution in [-0.4, -0.2) is 26.2 Å². The first-order valence-electron chi connectivity index (χ1n) is 10.2. The van der Waals surface area contributed by atoms with Gasteiger partial charge in [0, 0.05) is 35.4 Å². The number of nitrogens with one attached hydrogen (secondary N) is 1. The number of amides is 1. The summed E-state index contributed by atoms with van der Waals surface area (Å²) < 4.78 is 11.0. The molecule has 0 saturated heterocycles. The Morgan fingerprint density at radius 3 is 2.87 bits per heavy atom. The van der Waals surface area contributed by atoms with E-state index in [0.717, 1.165) is 42.3 Å². The molecule has 1 atom stereocenters. The number of thiophene rings is 1. The second-order valence-corrected chi connectivity index (χ2v) is 8.76. The van der Waals surface area contributed by atoms with E-state index in [1.807, 2.05) is 41.7 Å². The summed E-state index contributed by atoms with van der Waals surface area (Å²) in [5.74, 6) is 1.36. The summed E-state index contributed by atoms with van der Waals surface area (Å²) in [4.78, 5) is 16.7. The van der Waals surface area contributed by atoms with Gasteiger partial charge in [-0.2, -0.15) is 0 Å². The van der Waals surface area contributed by atoms with Crippen molar-refractivity contribution in [2.45, 2.75) is 19.4 Å². The van der Waals surface area contributed by atoms with Crippen molar-refractivity contribution in [1.82, 2.24) is 0 Å². The fourth-order valence-corrected chi connectivity index (χ4v) is 5.01. The number of nitrogens with zero attached hydrogens (tertiary/aromatic N) is 1. The standard InChI is InChI=1S/C24H24N2O3S/c1-28-21-7-2-16-12-18(15-29-22(16)13-21)24(27)25-19-3-5-20(6-4-19)26-10-8-23-17(14-26)9-11-30-23/h2-7,9,11,13,18H,8,10,12,14-15H2,1H3,(H,25,27). The summed E-state index contributed by atoms with van der Waals surface area (Å²) >= 11 is 1.85. The number of rotatable bonds is 4. The van der Waals surface area contributed by atoms with Crippen molar-refractivity contribution in [3.63, 3.8) is 0 Å². The van der Waals surface area contributed by atoms with Crippen molar-refractivity contribution < 1.29 is 14.3 Å². The van der Waals surface area contributed by atoms with Gasteiger partial charge in [0.25, 0.3) is 0 Å². The fraction of sp³-hybridized carbons (Fsp3) is 0.292. The molecule has 2 aromatic carbocycles. The van der Waals surface area contributed by atoms with E-state index in [1.165, 1.54) is 16.1 Å². The Bertz CT molecular complexity index is 1060. The average Bonchev–Trinajstić information content (AvgIpc) is 3.27. The van der Waals surface area contributed by atoms with Crippen molar-refractivity contribution in [1.29, 1.82) is 0 Å². The van der Waals surface area contributed by atoms with E-state index in [-0.39, 0.29) is 11.8 Å². The van der Waals surface area contributed by atoms with Crippen LogP contribution >= 0.6 is 11.3 Å². The number of carbonyl (C=O) groups is 1. The van der Waals surface area contributed by atoms with Crippen LogP contribution in [0.25, 0.3) is 0 Å². The Balaban J connectivity index is 1.21. The van der Waals surface area contributed by atoms with Crippen LogP contribution in [0.4, 0.5) is 11.4 Å². The topological polar surface area (TPSA) is 50.8 Å². The van der Waals surface area contributed by atoms with E-state index < -0.39 is 0 Å². The lowest BCUT2D eigenvalue weighted by molar-refractivity contribution is -0.121. The van der Waals surface area contributed by atoms with Crippen molar-refractivity contribution >= 4 is 28.6 Å². The summed E-state index contributed by atoms with van der Waals surface area (Å²) in [6.07, 6.45) is 1.76. The van der Waals surface area contributed by atoms with Gasteiger partial charge in [-0.05, 0) is 65.7 Å². The first-order valence-corrected chi connectivity index (χ1v) is 11.1. The van der Waals surface area contributed by atoms with Gasteiger partial charge in [-0.3, -0.25) is 4.79 Å². The van der Waals surface area contributed by atoms with Gasteiger partial charge in [0.15, 0.2) is 0 Å². The molecule has 0 bridgehead atoms. The Morgan fingerprint density at radius 2 is 2.03 bits per heavy atom. The molecule has 6 heteroatoms. The molecule has 2 aliphatic rings. The molecule has 154 valence electrons. The van der Waals surface area contributed by atoms with Crippen LogP contribution in [0.1, 0.15) is 16.0 Å². The molecule has 3 heterocycles. The second kappa shape index (κ2) is 8.03. The van der Waals surface area contributed by atoms with Gasteiger partial charge in [-0.15, -0.1) is 11.3 Å². The molecule has 0 radical (unpaired) electrons. The third kappa shape index (κ3) is 3.75. The van der Waals surface area contributed by atoms with E-state index in [9.17, 15) is 4.79 Å². The maximum absolute atomic E-state index is 12.8. The molecule has 1 N–H and O–H groups in total. The van der Waals surface area contributed by atoms with Crippen LogP contribution in [-0.2, 0) is 24.2 Å². The zero-order valence-corrected chi connectivity index (χ0v) is 17.7. The maximum Gasteiger partial charge on any atom is 0.231 e. The number of benzene rings is 2. The maximum atomic E-state index is 12.8. The number of hydrogen-bond donors (Lipinski definition) is 1. The molecule has 3 aromatic rings. The van der Waals surface area contributed by atoms with Crippen LogP contribution in [0.15, 0.2) is 53.9 Å². The lowest BCUT2D eigenvalue weighted by Gasteiger charge is -2.29. The van der Waals surface area contributed by atoms with E-state index in [1.54, 1.807) is 7.11 Å². The summed E-state index contributed by atoms with van der Waals surface area (Å²) in [5, 5.41) is 5.22. The first-order chi connectivity index (χ1) is 14.7. The van der Waals surface area contributed by atoms with E-state index in [0.29, 0.717) is 13.0 Å². The molecule has 1 aromatic heterocycles. The molecule has 2 aliphatic heterocycles. The lowest BCUT2D eigenvalue weighted by atomic mass is 9.96. The Morgan fingerprint density at radius 1 is 1.17 bits per heavy atom. The van der Waals surface area contributed by atoms with Crippen LogP contribution in [0.5, 0.6) is 11.5 Å². The van der Waals surface area contributed by atoms with E-state index in [2.05, 4.69) is 33.8 Å². The number of methoxy groups -OCH3 is 1. The normalized spacial score (nSPS) is 17.5. The van der Waals surface area contributed by atoms with Crippen molar-refractivity contribution in [3.8, 4) is 11.5 Å². The van der Waals surface area contributed by atoms with Crippen LogP contribution in [0, 0.1) is 5.92 Å². The van der Waals surface area contributed by atoms with Gasteiger partial charge >= 0.3 is 0 Å². The van der Waals surface area contributed by atoms with E-state index in [4.69, 9.17) is 9.47 Å². The van der Waals surface area contributed by atoms with Crippen molar-refractivity contribution in [2.24, 2.45) is 5.92 Å². The number of anilines is 2. The van der Waals surface area contributed by atoms with E-state index >= 15 is 0 Å². The molecule has 0 fully saturated rings. The smallest absolute Gasteiger partial charge is 0.231 e. The van der Waals surface area contributed by atoms with Gasteiger partial charge in [0.1, 0.15) is 18.1 Å². The largest absolute Gasteiger partial charge is 0.497 e. The molecule has 0 spiro atoms. The van der Waals surface area contributed by atoms with Crippen LogP contribution < -0.4 is 19.7 Å². The van der Waals surface area contributed by atoms with Gasteiger partial charge < -0.3 is 19.7 Å². The van der Waals surface area contributed by atoms with Crippen molar-refractivity contribution in [2.75, 3.05) is 30.5 Å². The minimum Gasteiger partial charge on any atom is -0.497 e. The molecule has 5 rings (SSSR count). The quantitative estimate of drug-likeness (QED) is 0.675. The lowest BCUT2D eigenvalue weighted by Crippen LogP contribution is -2.32. The Hall–Kier alpha value is -2.99. The zero-order valence-electron chi connectivity index (χ0n) is 16.9. The minimum absolute atomic E-state index is 0.00916. The number of carbonyl (C=O) groups excluding carboxylic acids is 1. The summed E-state index contributed by atoms with van der Waals surface area (Å²) in [5.41, 5.74) is 4.47. The predicted octanol–water partition coefficient (Wildman–Crippen LogP) is 4.51. The number of ether oxygens (including phenoxy) is 2. The molecule has 30 heavy (non-hydrogen) atoms. The molecule has 1 amide bonds. The monoisotopic (exact) mass is 420 g/mol. The first kappa shape index (κ1) is 19.0. The summed E-state index contributed by atoms with van der Waals surface area (Å²) in [6, 6.07) is 16.1. The highest BCUT2D eigenvalue weighted by Crippen LogP contribution is 2.32. The predicted molar refractivity (Wildman–Crippen MR) is 120 cm³/mol. The molecular formula is C24H24N2O3S. The highest BCUT2D eigenvalue weighted by Gasteiger charge is 2.26. The highest BCUT2D eigenvalue weighted by molar-refractivity contribution is 7.10. The molecular weight excluding hydrogens is 396 g/mol. The van der Waals surface area contributed by atoms with Gasteiger partial charge in [-0.1, -0.05) is 6.07 Å². The second-order valence-electron chi connectivity index (χ2n) is 7.76. The van der Waals surface area contributed by atoms with Gasteiger partial charge in [0.05, 0.1) is 13.0 Å². The third-order valence-electron chi connectivity index (χ3n) is 5.86. The number of hydrogen-bond acceptors (Lipinski definition) is 5. The Labute approximate surface area is 180 Å². The highest BCUT2D eigenvalue weighted by atomic mass is 32.1. The molecule has 5 nitrogen and oxygen atoms in total. The average molecular weight is 421 g/mol. The minimum atomic E-state index is -0.204. The molecule has 1 unspecified atom stereocenters. The zero-order chi connectivity index (χ0) is 20.5. The van der Waals surface area contributed by atoms with Gasteiger partial charge in [0.2, 0.25) is 5.91 Å². The fourth-order valence-electron chi connectivity index (χ4n) is 4.12. The van der Waals surface area contributed by atoms with Crippen molar-refractivity contribution in [3.05, 3.63) is 69.9 Å². The van der Waals surface area contributed by atoms with Crippen LogP contribution in [0.2, 0.25) is 0 Å². The van der Waals surface area contributed by atoms with Gasteiger partial charge in [-0.25, -0.2) is 0 Å². The Kier molecular flexibility index (Phi) is 5.09. The SMILES string of the molecule is COc1ccc2c(c1)OCC(C(=O)Nc1ccc(N3CCc4sccc4C3)cc1)C2. The molecule has 0 saturated carbocycles. The third-order valence-corrected chi connectivity index (χ3v) is 6.88.